The van der Waals surface area contributed by atoms with E-state index in [-0.39, 0.29) is 5.69 Å². The number of nitrogens with zero attached hydrogens (tertiary/aromatic N) is 2. The number of thiophene rings is 1. The van der Waals surface area contributed by atoms with Gasteiger partial charge in [0, 0.05) is 16.0 Å². The van der Waals surface area contributed by atoms with Gasteiger partial charge in [-0.3, -0.25) is 10.1 Å². The standard InChI is InChI=1S/C23H28F3N3S/c1-2-3-4-5-6-7-8-9-10-18-11-12-21(30-18)17-13-14-27-19(15-17)20-16-22(29-28-20)23(24,25)26/h11-16H,2-10H2,1H3,(H,28,29). The van der Waals surface area contributed by atoms with Crippen molar-refractivity contribution in [3.63, 3.8) is 0 Å². The van der Waals surface area contributed by atoms with Crippen molar-refractivity contribution in [1.29, 1.82) is 0 Å². The van der Waals surface area contributed by atoms with E-state index in [2.05, 4.69) is 29.1 Å². The minimum Gasteiger partial charge on any atom is -0.273 e. The Morgan fingerprint density at radius 3 is 2.33 bits per heavy atom. The molecule has 3 nitrogen and oxygen atoms in total. The van der Waals surface area contributed by atoms with Gasteiger partial charge in [0.1, 0.15) is 11.4 Å². The van der Waals surface area contributed by atoms with Crippen LogP contribution in [0, 0.1) is 0 Å². The SMILES string of the molecule is CCCCCCCCCCc1ccc(-c2ccnc(-c3cc(C(F)(F)F)[nH]n3)c2)s1. The van der Waals surface area contributed by atoms with E-state index in [1.165, 1.54) is 56.2 Å². The topological polar surface area (TPSA) is 41.6 Å². The van der Waals surface area contributed by atoms with Crippen LogP contribution in [0.1, 0.15) is 68.9 Å². The number of alkyl halides is 3. The van der Waals surface area contributed by atoms with Crippen LogP contribution in [-0.4, -0.2) is 15.2 Å². The molecule has 1 N–H and O–H groups in total. The number of aromatic amines is 1. The molecule has 3 heterocycles. The molecule has 0 bridgehead atoms. The van der Waals surface area contributed by atoms with E-state index >= 15 is 0 Å². The van der Waals surface area contributed by atoms with E-state index in [0.29, 0.717) is 5.69 Å². The fourth-order valence-electron chi connectivity index (χ4n) is 3.42. The summed E-state index contributed by atoms with van der Waals surface area (Å²) in [7, 11) is 0. The minimum absolute atomic E-state index is 0.194. The summed E-state index contributed by atoms with van der Waals surface area (Å²) in [5.74, 6) is 0. The lowest BCUT2D eigenvalue weighted by molar-refractivity contribution is -0.141. The van der Waals surface area contributed by atoms with Crippen LogP contribution in [0.25, 0.3) is 21.8 Å². The highest BCUT2D eigenvalue weighted by atomic mass is 32.1. The van der Waals surface area contributed by atoms with E-state index in [1.807, 2.05) is 11.2 Å². The molecule has 0 fully saturated rings. The predicted octanol–water partition coefficient (Wildman–Crippen LogP) is 7.90. The van der Waals surface area contributed by atoms with Crippen molar-refractivity contribution in [3.05, 3.63) is 47.1 Å². The summed E-state index contributed by atoms with van der Waals surface area (Å²) >= 11 is 1.74. The molecule has 0 aliphatic carbocycles. The number of hydrogen-bond donors (Lipinski definition) is 1. The molecule has 3 rings (SSSR count). The number of pyridine rings is 1. The molecule has 3 aromatic heterocycles. The van der Waals surface area contributed by atoms with Crippen molar-refractivity contribution in [3.8, 4) is 21.8 Å². The van der Waals surface area contributed by atoms with Gasteiger partial charge in [-0.15, -0.1) is 11.3 Å². The lowest BCUT2D eigenvalue weighted by Gasteiger charge is -2.02. The second kappa shape index (κ2) is 10.8. The first-order valence-electron chi connectivity index (χ1n) is 10.7. The first-order valence-corrected chi connectivity index (χ1v) is 11.5. The van der Waals surface area contributed by atoms with Crippen LogP contribution in [0.5, 0.6) is 0 Å². The maximum absolute atomic E-state index is 12.8. The summed E-state index contributed by atoms with van der Waals surface area (Å²) in [5, 5.41) is 5.81. The number of rotatable bonds is 11. The van der Waals surface area contributed by atoms with Crippen LogP contribution in [0.2, 0.25) is 0 Å². The van der Waals surface area contributed by atoms with E-state index in [0.717, 1.165) is 22.9 Å². The van der Waals surface area contributed by atoms with Crippen LogP contribution >= 0.6 is 11.3 Å². The van der Waals surface area contributed by atoms with Crippen molar-refractivity contribution in [2.24, 2.45) is 0 Å². The molecule has 162 valence electrons. The number of aryl methyl sites for hydroxylation is 1. The Morgan fingerprint density at radius 1 is 0.900 bits per heavy atom. The Kier molecular flexibility index (Phi) is 8.08. The Balaban J connectivity index is 1.54. The van der Waals surface area contributed by atoms with E-state index in [1.54, 1.807) is 23.6 Å². The number of halogens is 3. The smallest absolute Gasteiger partial charge is 0.273 e. The summed E-state index contributed by atoms with van der Waals surface area (Å²) in [4.78, 5) is 6.63. The zero-order chi connectivity index (χ0) is 21.4. The molecule has 3 aromatic rings. The zero-order valence-electron chi connectivity index (χ0n) is 17.3. The maximum Gasteiger partial charge on any atom is 0.432 e. The average Bonchev–Trinajstić information content (AvgIpc) is 3.40. The molecule has 0 saturated heterocycles. The van der Waals surface area contributed by atoms with Gasteiger partial charge in [0.25, 0.3) is 0 Å². The number of aromatic nitrogens is 3. The highest BCUT2D eigenvalue weighted by Crippen LogP contribution is 2.33. The summed E-state index contributed by atoms with van der Waals surface area (Å²) in [5.41, 5.74) is 0.703. The molecule has 0 aromatic carbocycles. The summed E-state index contributed by atoms with van der Waals surface area (Å²) < 4.78 is 38.4. The molecule has 0 amide bonds. The monoisotopic (exact) mass is 435 g/mol. The first kappa shape index (κ1) is 22.5. The molecule has 7 heteroatoms. The predicted molar refractivity (Wildman–Crippen MR) is 116 cm³/mol. The van der Waals surface area contributed by atoms with Gasteiger partial charge in [-0.1, -0.05) is 51.9 Å². The van der Waals surface area contributed by atoms with Crippen molar-refractivity contribution < 1.29 is 13.2 Å². The Labute approximate surface area is 179 Å². The van der Waals surface area contributed by atoms with Crippen molar-refractivity contribution >= 4 is 11.3 Å². The molecule has 0 aliphatic rings. The number of unbranched alkanes of at least 4 members (excludes halogenated alkanes) is 7. The minimum atomic E-state index is -4.44. The van der Waals surface area contributed by atoms with Gasteiger partial charge in [0.05, 0.1) is 5.69 Å². The van der Waals surface area contributed by atoms with Gasteiger partial charge in [0.15, 0.2) is 0 Å². The van der Waals surface area contributed by atoms with Gasteiger partial charge in [-0.25, -0.2) is 0 Å². The van der Waals surface area contributed by atoms with Crippen molar-refractivity contribution in [2.75, 3.05) is 0 Å². The normalized spacial score (nSPS) is 11.9. The van der Waals surface area contributed by atoms with E-state index < -0.39 is 11.9 Å². The molecule has 0 unspecified atom stereocenters. The number of H-pyrrole nitrogens is 1. The van der Waals surface area contributed by atoms with Crippen LogP contribution in [0.15, 0.2) is 36.5 Å². The molecular weight excluding hydrogens is 407 g/mol. The highest BCUT2D eigenvalue weighted by Gasteiger charge is 2.33. The molecular formula is C23H28F3N3S. The molecule has 30 heavy (non-hydrogen) atoms. The van der Waals surface area contributed by atoms with Crippen molar-refractivity contribution in [2.45, 2.75) is 70.9 Å². The fraction of sp³-hybridized carbons (Fsp3) is 0.478. The van der Waals surface area contributed by atoms with Crippen LogP contribution in [-0.2, 0) is 12.6 Å². The average molecular weight is 436 g/mol. The van der Waals surface area contributed by atoms with Crippen LogP contribution < -0.4 is 0 Å². The zero-order valence-corrected chi connectivity index (χ0v) is 18.1. The summed E-state index contributed by atoms with van der Waals surface area (Å²) in [6.45, 7) is 2.24. The van der Waals surface area contributed by atoms with Gasteiger partial charge >= 0.3 is 6.18 Å². The Hall–Kier alpha value is -2.15. The second-order valence-electron chi connectivity index (χ2n) is 7.59. The van der Waals surface area contributed by atoms with E-state index in [4.69, 9.17) is 0 Å². The number of hydrogen-bond acceptors (Lipinski definition) is 3. The van der Waals surface area contributed by atoms with Crippen LogP contribution in [0.4, 0.5) is 13.2 Å². The fourth-order valence-corrected chi connectivity index (χ4v) is 4.47. The highest BCUT2D eigenvalue weighted by molar-refractivity contribution is 7.15. The lowest BCUT2D eigenvalue weighted by atomic mass is 10.1. The number of nitrogens with one attached hydrogen (secondary N) is 1. The Bertz CT molecular complexity index is 914. The third-order valence-corrected chi connectivity index (χ3v) is 6.32. The first-order chi connectivity index (χ1) is 14.5. The molecule has 0 spiro atoms. The van der Waals surface area contributed by atoms with E-state index in [9.17, 15) is 13.2 Å². The van der Waals surface area contributed by atoms with Gasteiger partial charge < -0.3 is 0 Å². The second-order valence-corrected chi connectivity index (χ2v) is 8.75. The van der Waals surface area contributed by atoms with Crippen molar-refractivity contribution in [1.82, 2.24) is 15.2 Å². The van der Waals surface area contributed by atoms with Gasteiger partial charge in [0.2, 0.25) is 0 Å². The van der Waals surface area contributed by atoms with Gasteiger partial charge in [-0.05, 0) is 48.7 Å². The Morgan fingerprint density at radius 2 is 1.63 bits per heavy atom. The largest absolute Gasteiger partial charge is 0.432 e. The lowest BCUT2D eigenvalue weighted by Crippen LogP contribution is -2.04. The summed E-state index contributed by atoms with van der Waals surface area (Å²) in [6.07, 6.45) is 8.68. The third kappa shape index (κ3) is 6.42. The summed E-state index contributed by atoms with van der Waals surface area (Å²) in [6, 6.07) is 8.90. The van der Waals surface area contributed by atoms with Gasteiger partial charge in [-0.2, -0.15) is 18.3 Å². The molecule has 0 saturated carbocycles. The third-order valence-electron chi connectivity index (χ3n) is 5.13. The quantitative estimate of drug-likeness (QED) is 0.311. The maximum atomic E-state index is 12.8. The van der Waals surface area contributed by atoms with Crippen LogP contribution in [0.3, 0.4) is 0 Å². The molecule has 0 atom stereocenters. The molecule has 0 aliphatic heterocycles. The molecule has 0 radical (unpaired) electrons.